The molecule has 0 saturated heterocycles. The van der Waals surface area contributed by atoms with Gasteiger partial charge in [0, 0.05) is 13.5 Å². The van der Waals surface area contributed by atoms with Gasteiger partial charge < -0.3 is 15.7 Å². The van der Waals surface area contributed by atoms with Gasteiger partial charge in [0.25, 0.3) is 0 Å². The van der Waals surface area contributed by atoms with E-state index in [9.17, 15) is 14.4 Å². The van der Waals surface area contributed by atoms with E-state index < -0.39 is 12.0 Å². The Labute approximate surface area is 116 Å². The molecule has 0 aromatic rings. The third kappa shape index (κ3) is 7.71. The summed E-state index contributed by atoms with van der Waals surface area (Å²) in [6.45, 7) is 2.04. The molecule has 1 rings (SSSR count). The van der Waals surface area contributed by atoms with Crippen molar-refractivity contribution in [3.05, 3.63) is 0 Å². The van der Waals surface area contributed by atoms with Crippen molar-refractivity contribution in [2.24, 2.45) is 5.92 Å². The fourth-order valence-corrected chi connectivity index (χ4v) is 2.33. The van der Waals surface area contributed by atoms with E-state index in [0.717, 1.165) is 6.54 Å². The number of carboxylic acid groups (broad SMARTS) is 1. The highest BCUT2D eigenvalue weighted by molar-refractivity contribution is 7.99. The lowest BCUT2D eigenvalue weighted by atomic mass is 10.2. The maximum Gasteiger partial charge on any atom is 0.326 e. The fraction of sp³-hybridized carbons (Fsp3) is 0.750. The van der Waals surface area contributed by atoms with Crippen molar-refractivity contribution in [3.63, 3.8) is 0 Å². The van der Waals surface area contributed by atoms with E-state index in [4.69, 9.17) is 5.11 Å². The van der Waals surface area contributed by atoms with E-state index in [-0.39, 0.29) is 11.8 Å². The van der Waals surface area contributed by atoms with E-state index in [1.165, 1.54) is 31.5 Å². The molecule has 1 unspecified atom stereocenters. The molecule has 0 bridgehead atoms. The van der Waals surface area contributed by atoms with E-state index in [1.807, 2.05) is 0 Å². The molecule has 6 nitrogen and oxygen atoms in total. The van der Waals surface area contributed by atoms with Crippen molar-refractivity contribution in [1.82, 2.24) is 10.6 Å². The SMILES string of the molecule is CC(=O)NC(CCSCC(=O)NCC1CC1)C(=O)O. The predicted molar refractivity (Wildman–Crippen MR) is 72.9 cm³/mol. The second-order valence-electron chi connectivity index (χ2n) is 4.68. The Morgan fingerprint density at radius 1 is 1.37 bits per heavy atom. The van der Waals surface area contributed by atoms with Gasteiger partial charge in [-0.2, -0.15) is 11.8 Å². The van der Waals surface area contributed by atoms with Gasteiger partial charge in [-0.25, -0.2) is 4.79 Å². The first-order valence-corrected chi connectivity index (χ1v) is 7.49. The normalized spacial score (nSPS) is 15.6. The molecule has 108 valence electrons. The molecule has 0 radical (unpaired) electrons. The Kier molecular flexibility index (Phi) is 6.69. The number of rotatable bonds is 9. The summed E-state index contributed by atoms with van der Waals surface area (Å²) in [5.74, 6) is 0.0923. The van der Waals surface area contributed by atoms with Crippen LogP contribution in [0, 0.1) is 5.92 Å². The first-order chi connectivity index (χ1) is 8.99. The number of carboxylic acids is 1. The summed E-state index contributed by atoms with van der Waals surface area (Å²) in [5, 5.41) is 14.1. The van der Waals surface area contributed by atoms with Crippen molar-refractivity contribution < 1.29 is 19.5 Å². The molecule has 0 heterocycles. The summed E-state index contributed by atoms with van der Waals surface area (Å²) in [6, 6.07) is -0.875. The van der Waals surface area contributed by atoms with Crippen molar-refractivity contribution in [3.8, 4) is 0 Å². The van der Waals surface area contributed by atoms with E-state index in [2.05, 4.69) is 10.6 Å². The zero-order chi connectivity index (χ0) is 14.3. The molecule has 0 aliphatic heterocycles. The molecule has 0 spiro atoms. The molecule has 1 atom stereocenters. The number of hydrogen-bond donors (Lipinski definition) is 3. The maximum atomic E-state index is 11.4. The second-order valence-corrected chi connectivity index (χ2v) is 5.79. The average molecular weight is 288 g/mol. The molecule has 7 heteroatoms. The zero-order valence-electron chi connectivity index (χ0n) is 11.0. The standard InChI is InChI=1S/C12H20N2O4S/c1-8(15)14-10(12(17)18)4-5-19-7-11(16)13-6-9-2-3-9/h9-10H,2-7H2,1H3,(H,13,16)(H,14,15)(H,17,18). The monoisotopic (exact) mass is 288 g/mol. The minimum atomic E-state index is -1.05. The van der Waals surface area contributed by atoms with Crippen molar-refractivity contribution in [2.45, 2.75) is 32.2 Å². The molecule has 1 saturated carbocycles. The number of aliphatic carboxylic acids is 1. The molecular formula is C12H20N2O4S. The second kappa shape index (κ2) is 8.04. The Morgan fingerprint density at radius 2 is 2.05 bits per heavy atom. The summed E-state index contributed by atoms with van der Waals surface area (Å²) >= 11 is 1.38. The van der Waals surface area contributed by atoms with Gasteiger partial charge in [0.2, 0.25) is 11.8 Å². The topological polar surface area (TPSA) is 95.5 Å². The summed E-state index contributed by atoms with van der Waals surface area (Å²) in [6.07, 6.45) is 2.71. The summed E-state index contributed by atoms with van der Waals surface area (Å²) in [7, 11) is 0. The van der Waals surface area contributed by atoms with Crippen LogP contribution in [-0.4, -0.2) is 47.0 Å². The minimum absolute atomic E-state index is 0.0108. The van der Waals surface area contributed by atoms with Gasteiger partial charge in [-0.05, 0) is 30.9 Å². The molecule has 1 fully saturated rings. The fourth-order valence-electron chi connectivity index (χ4n) is 1.50. The van der Waals surface area contributed by atoms with Gasteiger partial charge in [-0.3, -0.25) is 9.59 Å². The number of amides is 2. The number of thioether (sulfide) groups is 1. The van der Waals surface area contributed by atoms with Crippen LogP contribution in [0.2, 0.25) is 0 Å². The Hall–Kier alpha value is -1.24. The number of carbonyl (C=O) groups excluding carboxylic acids is 2. The molecule has 0 aromatic carbocycles. The highest BCUT2D eigenvalue weighted by atomic mass is 32.2. The van der Waals surface area contributed by atoms with Gasteiger partial charge in [-0.1, -0.05) is 0 Å². The van der Waals surface area contributed by atoms with Crippen LogP contribution >= 0.6 is 11.8 Å². The molecule has 19 heavy (non-hydrogen) atoms. The summed E-state index contributed by atoms with van der Waals surface area (Å²) < 4.78 is 0. The van der Waals surface area contributed by atoms with E-state index >= 15 is 0 Å². The van der Waals surface area contributed by atoms with Crippen LogP contribution in [0.5, 0.6) is 0 Å². The van der Waals surface area contributed by atoms with Crippen LogP contribution < -0.4 is 10.6 Å². The quantitative estimate of drug-likeness (QED) is 0.528. The number of nitrogens with one attached hydrogen (secondary N) is 2. The van der Waals surface area contributed by atoms with E-state index in [0.29, 0.717) is 23.8 Å². The van der Waals surface area contributed by atoms with Crippen molar-refractivity contribution >= 4 is 29.5 Å². The Bertz CT molecular complexity index is 345. The molecule has 1 aliphatic rings. The lowest BCUT2D eigenvalue weighted by Gasteiger charge is -2.12. The van der Waals surface area contributed by atoms with Crippen molar-refractivity contribution in [2.75, 3.05) is 18.1 Å². The maximum absolute atomic E-state index is 11.4. The van der Waals surface area contributed by atoms with Crippen LogP contribution in [0.25, 0.3) is 0 Å². The lowest BCUT2D eigenvalue weighted by molar-refractivity contribution is -0.141. The van der Waals surface area contributed by atoms with Crippen LogP contribution in [0.4, 0.5) is 0 Å². The van der Waals surface area contributed by atoms with Gasteiger partial charge in [-0.15, -0.1) is 0 Å². The van der Waals surface area contributed by atoms with Crippen LogP contribution in [0.1, 0.15) is 26.2 Å². The average Bonchev–Trinajstić information content (AvgIpc) is 3.13. The Balaban J connectivity index is 2.07. The molecular weight excluding hydrogens is 268 g/mol. The van der Waals surface area contributed by atoms with Crippen molar-refractivity contribution in [1.29, 1.82) is 0 Å². The predicted octanol–water partition coefficient (Wildman–Crippen LogP) is 0.225. The minimum Gasteiger partial charge on any atom is -0.480 e. The third-order valence-corrected chi connectivity index (χ3v) is 3.74. The Morgan fingerprint density at radius 3 is 2.58 bits per heavy atom. The summed E-state index contributed by atoms with van der Waals surface area (Å²) in [4.78, 5) is 33.1. The van der Waals surface area contributed by atoms with Crippen LogP contribution in [-0.2, 0) is 14.4 Å². The highest BCUT2D eigenvalue weighted by Gasteiger charge is 2.21. The first-order valence-electron chi connectivity index (χ1n) is 6.33. The zero-order valence-corrected chi connectivity index (χ0v) is 11.8. The van der Waals surface area contributed by atoms with E-state index in [1.54, 1.807) is 0 Å². The molecule has 1 aliphatic carbocycles. The summed E-state index contributed by atoms with van der Waals surface area (Å²) in [5.41, 5.74) is 0. The van der Waals surface area contributed by atoms with Gasteiger partial charge in [0.05, 0.1) is 5.75 Å². The smallest absolute Gasteiger partial charge is 0.326 e. The lowest BCUT2D eigenvalue weighted by Crippen LogP contribution is -2.40. The molecule has 3 N–H and O–H groups in total. The molecule has 2 amide bonds. The largest absolute Gasteiger partial charge is 0.480 e. The van der Waals surface area contributed by atoms with Gasteiger partial charge in [0.1, 0.15) is 6.04 Å². The third-order valence-electron chi connectivity index (χ3n) is 2.74. The number of hydrogen-bond acceptors (Lipinski definition) is 4. The van der Waals surface area contributed by atoms with Gasteiger partial charge in [0.15, 0.2) is 0 Å². The highest BCUT2D eigenvalue weighted by Crippen LogP contribution is 2.27. The van der Waals surface area contributed by atoms with Gasteiger partial charge >= 0.3 is 5.97 Å². The first kappa shape index (κ1) is 15.8. The van der Waals surface area contributed by atoms with Crippen LogP contribution in [0.15, 0.2) is 0 Å². The molecule has 0 aromatic heterocycles. The number of carbonyl (C=O) groups is 3. The van der Waals surface area contributed by atoms with Crippen LogP contribution in [0.3, 0.4) is 0 Å².